The molecule has 0 fully saturated rings. The van der Waals surface area contributed by atoms with E-state index < -0.39 is 0 Å². The van der Waals surface area contributed by atoms with Gasteiger partial charge in [0.25, 0.3) is 0 Å². The van der Waals surface area contributed by atoms with Crippen LogP contribution in [0.25, 0.3) is 4.98 Å². The van der Waals surface area contributed by atoms with Crippen molar-refractivity contribution >= 4 is 5.69 Å². The van der Waals surface area contributed by atoms with Crippen molar-refractivity contribution in [1.82, 2.24) is 0 Å². The molecule has 1 aromatic rings. The summed E-state index contributed by atoms with van der Waals surface area (Å²) in [5, 5.41) is 8.13. The predicted octanol–water partition coefficient (Wildman–Crippen LogP) is 2.13. The van der Waals surface area contributed by atoms with Crippen molar-refractivity contribution in [1.29, 1.82) is 5.39 Å². The van der Waals surface area contributed by atoms with E-state index in [1.54, 1.807) is 0 Å². The van der Waals surface area contributed by atoms with Crippen LogP contribution in [0.5, 0.6) is 0 Å². The van der Waals surface area contributed by atoms with E-state index in [-0.39, 0.29) is 11.3 Å². The lowest BCUT2D eigenvalue weighted by Crippen LogP contribution is -1.66. The minimum Gasteiger partial charge on any atom is -0.870 e. The first-order valence-corrected chi connectivity index (χ1v) is 2.43. The zero-order chi connectivity index (χ0) is 6.69. The second-order valence-electron chi connectivity index (χ2n) is 1.58. The molecule has 1 N–H and O–H groups in total. The summed E-state index contributed by atoms with van der Waals surface area (Å²) < 4.78 is 12.1. The fourth-order valence-electron chi connectivity index (χ4n) is 0.508. The predicted molar refractivity (Wildman–Crippen MR) is 33.1 cm³/mol. The zero-order valence-electron chi connectivity index (χ0n) is 5.03. The van der Waals surface area contributed by atoms with Crippen molar-refractivity contribution in [2.24, 2.45) is 0 Å². The molecule has 0 saturated carbocycles. The second-order valence-corrected chi connectivity index (χ2v) is 1.58. The van der Waals surface area contributed by atoms with Gasteiger partial charge in [0, 0.05) is 12.1 Å². The van der Waals surface area contributed by atoms with Gasteiger partial charge in [0.15, 0.2) is 4.98 Å². The van der Waals surface area contributed by atoms with Gasteiger partial charge in [-0.3, -0.25) is 0 Å². The summed E-state index contributed by atoms with van der Waals surface area (Å²) >= 11 is 0. The number of nitrogens with zero attached hydrogens (tertiary/aromatic N) is 2. The van der Waals surface area contributed by atoms with Gasteiger partial charge in [0.2, 0.25) is 5.39 Å². The van der Waals surface area contributed by atoms with Gasteiger partial charge in [-0.15, -0.1) is 0 Å². The smallest absolute Gasteiger partial charge is 0.385 e. The largest absolute Gasteiger partial charge is 0.870 e. The third-order valence-corrected chi connectivity index (χ3v) is 0.942. The maximum atomic E-state index is 12.1. The van der Waals surface area contributed by atoms with Crippen molar-refractivity contribution < 1.29 is 9.87 Å². The van der Waals surface area contributed by atoms with E-state index in [4.69, 9.17) is 5.39 Å². The van der Waals surface area contributed by atoms with E-state index in [1.807, 2.05) is 0 Å². The van der Waals surface area contributed by atoms with Gasteiger partial charge in [-0.25, -0.2) is 4.39 Å². The Morgan fingerprint density at radius 3 is 2.10 bits per heavy atom. The summed E-state index contributed by atoms with van der Waals surface area (Å²) in [6, 6.07) is 5.23. The maximum absolute atomic E-state index is 12.1. The standard InChI is InChI=1S/C6H4FN2.H2O/c7-5-1-3-6(9-8)4-2-5;/h1-4H;1H2/q+1;/p-1. The van der Waals surface area contributed by atoms with Crippen molar-refractivity contribution in [2.45, 2.75) is 0 Å². The van der Waals surface area contributed by atoms with Crippen LogP contribution < -0.4 is 0 Å². The molecule has 0 radical (unpaired) electrons. The van der Waals surface area contributed by atoms with Crippen LogP contribution in [-0.2, 0) is 0 Å². The minimum absolute atomic E-state index is 0. The van der Waals surface area contributed by atoms with E-state index in [0.29, 0.717) is 5.69 Å². The molecule has 0 saturated heterocycles. The van der Waals surface area contributed by atoms with E-state index in [2.05, 4.69) is 4.98 Å². The molecule has 52 valence electrons. The molecule has 0 bridgehead atoms. The number of hydrogen-bond donors (Lipinski definition) is 0. The average Bonchev–Trinajstić information content (AvgIpc) is 1.90. The zero-order valence-corrected chi connectivity index (χ0v) is 5.03. The first-order chi connectivity index (χ1) is 4.33. The van der Waals surface area contributed by atoms with Gasteiger partial charge in [0.1, 0.15) is 5.82 Å². The average molecular weight is 140 g/mol. The van der Waals surface area contributed by atoms with Gasteiger partial charge < -0.3 is 5.48 Å². The van der Waals surface area contributed by atoms with Gasteiger partial charge in [-0.2, -0.15) is 0 Å². The summed E-state index contributed by atoms with van der Waals surface area (Å²) in [4.78, 5) is 2.84. The lowest BCUT2D eigenvalue weighted by molar-refractivity contribution is 0.628. The molecule has 1 rings (SSSR count). The van der Waals surface area contributed by atoms with Crippen LogP contribution in [0.1, 0.15) is 0 Å². The molecule has 0 aliphatic carbocycles. The molecule has 0 atom stereocenters. The summed E-state index contributed by atoms with van der Waals surface area (Å²) in [7, 11) is 0. The molecule has 0 heterocycles. The number of diazo groups is 1. The van der Waals surface area contributed by atoms with Gasteiger partial charge in [-0.05, 0) is 12.1 Å². The summed E-state index contributed by atoms with van der Waals surface area (Å²) in [6.45, 7) is 0. The lowest BCUT2D eigenvalue weighted by atomic mass is 10.3. The molecule has 10 heavy (non-hydrogen) atoms. The lowest BCUT2D eigenvalue weighted by Gasteiger charge is -1.77. The number of benzene rings is 1. The monoisotopic (exact) mass is 140 g/mol. The normalized spacial score (nSPS) is 7.60. The second kappa shape index (κ2) is 3.54. The van der Waals surface area contributed by atoms with E-state index >= 15 is 0 Å². The van der Waals surface area contributed by atoms with Gasteiger partial charge in [-0.1, -0.05) is 0 Å². The molecule has 3 nitrogen and oxygen atoms in total. The Kier molecular flexibility index (Phi) is 3.02. The SMILES string of the molecule is N#[N+]c1ccc(F)cc1.[OH-]. The van der Waals surface area contributed by atoms with Crippen molar-refractivity contribution in [3.05, 3.63) is 35.1 Å². The minimum atomic E-state index is -0.331. The Morgan fingerprint density at radius 1 is 1.20 bits per heavy atom. The molecule has 1 aromatic carbocycles. The number of rotatable bonds is 0. The summed E-state index contributed by atoms with van der Waals surface area (Å²) in [5.41, 5.74) is 0.358. The van der Waals surface area contributed by atoms with Crippen LogP contribution in [0.2, 0.25) is 0 Å². The topological polar surface area (TPSA) is 58.1 Å². The van der Waals surface area contributed by atoms with Crippen LogP contribution in [0, 0.1) is 11.2 Å². The Labute approximate surface area is 57.0 Å². The Bertz CT molecular complexity index is 239. The Morgan fingerprint density at radius 2 is 1.70 bits per heavy atom. The molecule has 0 amide bonds. The third-order valence-electron chi connectivity index (χ3n) is 0.942. The summed E-state index contributed by atoms with van der Waals surface area (Å²) in [5.74, 6) is -0.331. The molecule has 0 unspecified atom stereocenters. The third kappa shape index (κ3) is 1.80. The highest BCUT2D eigenvalue weighted by Gasteiger charge is 2.00. The Hall–Kier alpha value is -1.47. The Balaban J connectivity index is 0.000000810. The number of hydrogen-bond acceptors (Lipinski definition) is 2. The maximum Gasteiger partial charge on any atom is 0.385 e. The van der Waals surface area contributed by atoms with Crippen LogP contribution in [0.15, 0.2) is 24.3 Å². The van der Waals surface area contributed by atoms with Crippen LogP contribution in [0.3, 0.4) is 0 Å². The molecule has 0 aromatic heterocycles. The molecular weight excluding hydrogens is 135 g/mol. The van der Waals surface area contributed by atoms with E-state index in [1.165, 1.54) is 24.3 Å². The fraction of sp³-hybridized carbons (Fsp3) is 0. The van der Waals surface area contributed by atoms with E-state index in [9.17, 15) is 4.39 Å². The quantitative estimate of drug-likeness (QED) is 0.518. The summed E-state index contributed by atoms with van der Waals surface area (Å²) in [6.07, 6.45) is 0. The molecule has 0 aliphatic heterocycles. The number of halogens is 1. The van der Waals surface area contributed by atoms with Crippen molar-refractivity contribution in [3.8, 4) is 0 Å². The van der Waals surface area contributed by atoms with Crippen LogP contribution in [0.4, 0.5) is 10.1 Å². The first kappa shape index (κ1) is 8.53. The fourth-order valence-corrected chi connectivity index (χ4v) is 0.508. The van der Waals surface area contributed by atoms with Crippen LogP contribution >= 0.6 is 0 Å². The molecule has 4 heteroatoms. The van der Waals surface area contributed by atoms with Crippen molar-refractivity contribution in [3.63, 3.8) is 0 Å². The van der Waals surface area contributed by atoms with E-state index in [0.717, 1.165) is 0 Å². The molecular formula is C6H5FN2O. The van der Waals surface area contributed by atoms with Crippen molar-refractivity contribution in [2.75, 3.05) is 0 Å². The van der Waals surface area contributed by atoms with Gasteiger partial charge >= 0.3 is 5.69 Å². The highest BCUT2D eigenvalue weighted by Crippen LogP contribution is 2.10. The molecule has 0 spiro atoms. The highest BCUT2D eigenvalue weighted by molar-refractivity contribution is 5.42. The highest BCUT2D eigenvalue weighted by atomic mass is 19.1. The van der Waals surface area contributed by atoms with Gasteiger partial charge in [0.05, 0.1) is 0 Å². The van der Waals surface area contributed by atoms with Crippen LogP contribution in [-0.4, -0.2) is 5.48 Å². The molecule has 0 aliphatic rings. The first-order valence-electron chi connectivity index (χ1n) is 2.43.